The number of anilines is 1. The fourth-order valence-corrected chi connectivity index (χ4v) is 2.31. The third-order valence-corrected chi connectivity index (χ3v) is 3.84. The van der Waals surface area contributed by atoms with E-state index in [0.29, 0.717) is 10.9 Å². The summed E-state index contributed by atoms with van der Waals surface area (Å²) in [5.41, 5.74) is -3.56. The molecule has 0 aliphatic heterocycles. The van der Waals surface area contributed by atoms with E-state index in [-0.39, 0.29) is 10.7 Å². The number of hydrogen-bond acceptors (Lipinski definition) is 4. The van der Waals surface area contributed by atoms with Gasteiger partial charge < -0.3 is 10.4 Å². The highest BCUT2D eigenvalue weighted by molar-refractivity contribution is 6.33. The molecule has 1 aromatic carbocycles. The Morgan fingerprint density at radius 3 is 2.54 bits per heavy atom. The van der Waals surface area contributed by atoms with E-state index >= 15 is 0 Å². The van der Waals surface area contributed by atoms with Crippen molar-refractivity contribution in [2.45, 2.75) is 26.1 Å². The maximum atomic E-state index is 14.2. The van der Waals surface area contributed by atoms with Crippen molar-refractivity contribution < 1.29 is 27.5 Å². The van der Waals surface area contributed by atoms with Gasteiger partial charge in [0.25, 0.3) is 5.56 Å². The first-order chi connectivity index (χ1) is 11.9. The quantitative estimate of drug-likeness (QED) is 0.779. The molecule has 2 N–H and O–H groups in total. The smallest absolute Gasteiger partial charge is 0.418 e. The number of aliphatic carboxylic acids is 1. The minimum Gasteiger partial charge on any atom is -0.480 e. The number of hydrogen-bond donors (Lipinski definition) is 2. The predicted octanol–water partition coefficient (Wildman–Crippen LogP) is 3.24. The molecule has 6 nitrogen and oxygen atoms in total. The van der Waals surface area contributed by atoms with Crippen molar-refractivity contribution >= 4 is 23.3 Å². The second-order valence-electron chi connectivity index (χ2n) is 5.39. The summed E-state index contributed by atoms with van der Waals surface area (Å²) in [7, 11) is 0. The summed E-state index contributed by atoms with van der Waals surface area (Å²) in [6.07, 6.45) is -4.37. The molecule has 26 heavy (non-hydrogen) atoms. The number of aromatic nitrogens is 2. The van der Waals surface area contributed by atoms with Crippen LogP contribution in [0.1, 0.15) is 18.1 Å². The fourth-order valence-electron chi connectivity index (χ4n) is 2.10. The molecular formula is C15H12ClF4N3O3. The van der Waals surface area contributed by atoms with Crippen molar-refractivity contribution in [1.29, 1.82) is 0 Å². The van der Waals surface area contributed by atoms with Crippen LogP contribution >= 0.6 is 11.6 Å². The lowest BCUT2D eigenvalue weighted by atomic mass is 10.1. The van der Waals surface area contributed by atoms with Gasteiger partial charge in [0.15, 0.2) is 5.82 Å². The number of carboxylic acid groups (broad SMARTS) is 1. The van der Waals surface area contributed by atoms with E-state index in [1.807, 2.05) is 0 Å². The van der Waals surface area contributed by atoms with Crippen LogP contribution in [0.5, 0.6) is 0 Å². The van der Waals surface area contributed by atoms with E-state index in [9.17, 15) is 27.2 Å². The largest absolute Gasteiger partial charge is 0.480 e. The van der Waals surface area contributed by atoms with Crippen LogP contribution in [0.3, 0.4) is 0 Å². The van der Waals surface area contributed by atoms with Gasteiger partial charge in [-0.3, -0.25) is 9.59 Å². The zero-order valence-corrected chi connectivity index (χ0v) is 14.1. The molecule has 0 aliphatic carbocycles. The molecule has 0 saturated heterocycles. The minimum atomic E-state index is -4.78. The lowest BCUT2D eigenvalue weighted by Gasteiger charge is -2.16. The van der Waals surface area contributed by atoms with E-state index in [4.69, 9.17) is 16.7 Å². The Morgan fingerprint density at radius 2 is 2.00 bits per heavy atom. The molecule has 0 radical (unpaired) electrons. The molecule has 0 aliphatic rings. The first-order valence-electron chi connectivity index (χ1n) is 7.08. The highest BCUT2D eigenvalue weighted by Gasteiger charge is 2.34. The van der Waals surface area contributed by atoms with Crippen LogP contribution in [0.2, 0.25) is 5.02 Å². The van der Waals surface area contributed by atoms with Crippen LogP contribution < -0.4 is 10.9 Å². The number of benzene rings is 1. The predicted molar refractivity (Wildman–Crippen MR) is 85.3 cm³/mol. The highest BCUT2D eigenvalue weighted by Crippen LogP contribution is 2.31. The standard InChI is InChI=1S/C15H12ClF4N3O3/c1-6-8(15(18,19)20)5-21-23(13(6)24)12-4-11(9(16)3-10(12)17)22-7(2)14(25)26/h3-5,7,22H,1-2H3,(H,25,26). The summed E-state index contributed by atoms with van der Waals surface area (Å²) in [6, 6.07) is 0.706. The SMILES string of the molecule is Cc1c(C(F)(F)F)cnn(-c2cc(NC(C)C(=O)O)c(Cl)cc2F)c1=O. The molecule has 1 aromatic heterocycles. The summed E-state index contributed by atoms with van der Waals surface area (Å²) < 4.78 is 53.2. The third-order valence-electron chi connectivity index (χ3n) is 3.53. The van der Waals surface area contributed by atoms with Crippen LogP contribution in [0.4, 0.5) is 23.2 Å². The molecule has 0 fully saturated rings. The second-order valence-corrected chi connectivity index (χ2v) is 5.79. The van der Waals surface area contributed by atoms with E-state index in [0.717, 1.165) is 19.1 Å². The first kappa shape index (κ1) is 19.7. The molecule has 1 unspecified atom stereocenters. The van der Waals surface area contributed by atoms with Gasteiger partial charge in [0.2, 0.25) is 0 Å². The van der Waals surface area contributed by atoms with E-state index in [1.165, 1.54) is 6.92 Å². The first-order valence-corrected chi connectivity index (χ1v) is 7.46. The van der Waals surface area contributed by atoms with Gasteiger partial charge in [-0.1, -0.05) is 11.6 Å². The van der Waals surface area contributed by atoms with Gasteiger partial charge in [-0.15, -0.1) is 0 Å². The minimum absolute atomic E-state index is 0.0239. The molecule has 1 heterocycles. The van der Waals surface area contributed by atoms with Crippen molar-refractivity contribution in [2.75, 3.05) is 5.32 Å². The van der Waals surface area contributed by atoms with Crippen molar-refractivity contribution in [3.63, 3.8) is 0 Å². The highest BCUT2D eigenvalue weighted by atomic mass is 35.5. The number of carboxylic acids is 1. The maximum Gasteiger partial charge on any atom is 0.418 e. The van der Waals surface area contributed by atoms with Gasteiger partial charge in [0, 0.05) is 5.56 Å². The summed E-state index contributed by atoms with van der Waals surface area (Å²) in [4.78, 5) is 23.1. The molecule has 140 valence electrons. The van der Waals surface area contributed by atoms with Gasteiger partial charge in [-0.2, -0.15) is 23.0 Å². The molecule has 2 rings (SSSR count). The second kappa shape index (κ2) is 6.94. The number of alkyl halides is 3. The average Bonchev–Trinajstić information content (AvgIpc) is 2.51. The third kappa shape index (κ3) is 3.79. The molecule has 2 aromatic rings. The molecule has 0 bridgehead atoms. The summed E-state index contributed by atoms with van der Waals surface area (Å²) in [5.74, 6) is -2.23. The van der Waals surface area contributed by atoms with Gasteiger partial charge in [-0.05, 0) is 26.0 Å². The normalized spacial score (nSPS) is 12.7. The average molecular weight is 394 g/mol. The molecule has 11 heteroatoms. The Hall–Kier alpha value is -2.62. The van der Waals surface area contributed by atoms with Crippen molar-refractivity contribution in [2.24, 2.45) is 0 Å². The molecule has 0 spiro atoms. The Labute approximate surface area is 149 Å². The zero-order valence-electron chi connectivity index (χ0n) is 13.4. The van der Waals surface area contributed by atoms with Crippen LogP contribution in [0.25, 0.3) is 5.69 Å². The van der Waals surface area contributed by atoms with Crippen LogP contribution in [-0.4, -0.2) is 26.9 Å². The lowest BCUT2D eigenvalue weighted by molar-refractivity contribution is -0.139. The Balaban J connectivity index is 2.61. The lowest BCUT2D eigenvalue weighted by Crippen LogP contribution is -2.28. The van der Waals surface area contributed by atoms with E-state index in [1.54, 1.807) is 0 Å². The number of nitrogens with one attached hydrogen (secondary N) is 1. The van der Waals surface area contributed by atoms with Crippen molar-refractivity contribution in [1.82, 2.24) is 9.78 Å². The van der Waals surface area contributed by atoms with Gasteiger partial charge in [-0.25, -0.2) is 4.39 Å². The molecule has 0 amide bonds. The van der Waals surface area contributed by atoms with Crippen LogP contribution in [0.15, 0.2) is 23.1 Å². The molecular weight excluding hydrogens is 382 g/mol. The number of carbonyl (C=O) groups is 1. The van der Waals surface area contributed by atoms with E-state index in [2.05, 4.69) is 10.4 Å². The molecule has 1 atom stereocenters. The topological polar surface area (TPSA) is 84.2 Å². The van der Waals surface area contributed by atoms with Crippen LogP contribution in [0, 0.1) is 12.7 Å². The Morgan fingerprint density at radius 1 is 1.38 bits per heavy atom. The Bertz CT molecular complexity index is 928. The Kier molecular flexibility index (Phi) is 5.26. The zero-order chi connectivity index (χ0) is 19.8. The number of halogens is 5. The van der Waals surface area contributed by atoms with Crippen LogP contribution in [-0.2, 0) is 11.0 Å². The summed E-state index contributed by atoms with van der Waals surface area (Å²) >= 11 is 5.84. The fraction of sp³-hybridized carbons (Fsp3) is 0.267. The monoisotopic (exact) mass is 393 g/mol. The molecule has 0 saturated carbocycles. The van der Waals surface area contributed by atoms with E-state index < -0.39 is 46.4 Å². The number of rotatable bonds is 4. The summed E-state index contributed by atoms with van der Waals surface area (Å²) in [5, 5.41) is 14.6. The van der Waals surface area contributed by atoms with Gasteiger partial charge in [0.05, 0.1) is 22.5 Å². The maximum absolute atomic E-state index is 14.2. The summed E-state index contributed by atoms with van der Waals surface area (Å²) in [6.45, 7) is 2.25. The van der Waals surface area contributed by atoms with Crippen molar-refractivity contribution in [3.05, 3.63) is 50.7 Å². The number of nitrogens with zero attached hydrogens (tertiary/aromatic N) is 2. The van der Waals surface area contributed by atoms with Gasteiger partial charge in [0.1, 0.15) is 11.7 Å². The van der Waals surface area contributed by atoms with Gasteiger partial charge >= 0.3 is 12.1 Å². The van der Waals surface area contributed by atoms with Crippen molar-refractivity contribution in [3.8, 4) is 5.69 Å².